The zero-order valence-electron chi connectivity index (χ0n) is 17.5. The van der Waals surface area contributed by atoms with Gasteiger partial charge in [0.1, 0.15) is 17.2 Å². The lowest BCUT2D eigenvalue weighted by Crippen LogP contribution is -2.25. The molecular weight excluding hydrogens is 418 g/mol. The van der Waals surface area contributed by atoms with E-state index >= 15 is 0 Å². The summed E-state index contributed by atoms with van der Waals surface area (Å²) in [7, 11) is 0. The summed E-state index contributed by atoms with van der Waals surface area (Å²) in [6.07, 6.45) is 5.08. The van der Waals surface area contributed by atoms with Crippen LogP contribution in [0, 0.1) is 0 Å². The average Bonchev–Trinajstić information content (AvgIpc) is 3.19. The van der Waals surface area contributed by atoms with Crippen molar-refractivity contribution in [1.29, 1.82) is 0 Å². The summed E-state index contributed by atoms with van der Waals surface area (Å²) < 4.78 is 16.9. The Morgan fingerprint density at radius 3 is 2.68 bits per heavy atom. The highest BCUT2D eigenvalue weighted by atomic mass is 35.5. The lowest BCUT2D eigenvalue weighted by atomic mass is 10.0. The lowest BCUT2D eigenvalue weighted by Gasteiger charge is -2.14. The maximum atomic E-state index is 11.2. The molecule has 1 aromatic heterocycles. The van der Waals surface area contributed by atoms with Gasteiger partial charge < -0.3 is 19.1 Å². The number of rotatable bonds is 9. The van der Waals surface area contributed by atoms with Crippen LogP contribution < -0.4 is 9.47 Å². The number of hydrogen-bond donors (Lipinski definition) is 1. The summed E-state index contributed by atoms with van der Waals surface area (Å²) in [5, 5.41) is 14.9. The summed E-state index contributed by atoms with van der Waals surface area (Å²) in [6.45, 7) is 5.65. The molecule has 2 atom stereocenters. The second-order valence-corrected chi connectivity index (χ2v) is 7.41. The number of fused-ring (bicyclic) bond motifs is 1. The van der Waals surface area contributed by atoms with Crippen molar-refractivity contribution < 1.29 is 23.9 Å². The van der Waals surface area contributed by atoms with Crippen LogP contribution in [0.4, 0.5) is 0 Å². The summed E-state index contributed by atoms with van der Waals surface area (Å²) in [5.41, 5.74) is 1.42. The SMILES string of the molecule is C/C=C(Cl)\C=C/C(C)c1noc2cc(Oc3cccc(OC(CC)C(=O)O)c3)ccc12. The van der Waals surface area contributed by atoms with Crippen LogP contribution in [0.3, 0.4) is 0 Å². The van der Waals surface area contributed by atoms with Crippen molar-refractivity contribution in [2.75, 3.05) is 0 Å². The number of hydrogen-bond acceptors (Lipinski definition) is 5. The van der Waals surface area contributed by atoms with E-state index in [1.165, 1.54) is 0 Å². The minimum absolute atomic E-state index is 0.0243. The number of ether oxygens (including phenoxy) is 2. The van der Waals surface area contributed by atoms with Crippen molar-refractivity contribution in [3.05, 3.63) is 71.4 Å². The highest BCUT2D eigenvalue weighted by molar-refractivity contribution is 6.31. The smallest absolute Gasteiger partial charge is 0.344 e. The number of carbonyl (C=O) groups is 1. The van der Waals surface area contributed by atoms with E-state index in [1.54, 1.807) is 37.3 Å². The zero-order valence-corrected chi connectivity index (χ0v) is 18.3. The Kier molecular flexibility index (Phi) is 7.36. The Bertz CT molecular complexity index is 1120. The maximum Gasteiger partial charge on any atom is 0.344 e. The van der Waals surface area contributed by atoms with Gasteiger partial charge in [0.25, 0.3) is 0 Å². The van der Waals surface area contributed by atoms with Crippen LogP contribution in [0.15, 0.2) is 70.2 Å². The van der Waals surface area contributed by atoms with Crippen LogP contribution >= 0.6 is 11.6 Å². The van der Waals surface area contributed by atoms with E-state index in [-0.39, 0.29) is 5.92 Å². The average molecular weight is 442 g/mol. The van der Waals surface area contributed by atoms with E-state index in [4.69, 9.17) is 30.7 Å². The fraction of sp³-hybridized carbons (Fsp3) is 0.250. The van der Waals surface area contributed by atoms with Gasteiger partial charge in [-0.2, -0.15) is 0 Å². The molecule has 7 heteroatoms. The van der Waals surface area contributed by atoms with Gasteiger partial charge in [-0.3, -0.25) is 0 Å². The molecule has 0 aliphatic rings. The molecule has 0 aliphatic heterocycles. The Labute approximate surface area is 185 Å². The number of carboxylic acids is 1. The van der Waals surface area contributed by atoms with Crippen molar-refractivity contribution in [3.63, 3.8) is 0 Å². The van der Waals surface area contributed by atoms with Crippen molar-refractivity contribution in [1.82, 2.24) is 5.16 Å². The molecule has 0 saturated carbocycles. The zero-order chi connectivity index (χ0) is 22.4. The monoisotopic (exact) mass is 441 g/mol. The van der Waals surface area contributed by atoms with E-state index in [0.29, 0.717) is 34.3 Å². The van der Waals surface area contributed by atoms with Gasteiger partial charge in [-0.25, -0.2) is 4.79 Å². The minimum Gasteiger partial charge on any atom is -0.479 e. The topological polar surface area (TPSA) is 81.8 Å². The molecule has 0 amide bonds. The third-order valence-corrected chi connectivity index (χ3v) is 5.03. The molecule has 0 saturated heterocycles. The van der Waals surface area contributed by atoms with Crippen LogP contribution in [0.2, 0.25) is 0 Å². The van der Waals surface area contributed by atoms with E-state index < -0.39 is 12.1 Å². The van der Waals surface area contributed by atoms with Gasteiger partial charge in [-0.15, -0.1) is 0 Å². The summed E-state index contributed by atoms with van der Waals surface area (Å²) in [6, 6.07) is 12.4. The molecule has 3 rings (SSSR count). The van der Waals surface area contributed by atoms with Gasteiger partial charge >= 0.3 is 5.97 Å². The molecule has 3 aromatic rings. The first-order valence-corrected chi connectivity index (χ1v) is 10.4. The highest BCUT2D eigenvalue weighted by Gasteiger charge is 2.17. The first kappa shape index (κ1) is 22.4. The highest BCUT2D eigenvalue weighted by Crippen LogP contribution is 2.32. The summed E-state index contributed by atoms with van der Waals surface area (Å²) in [5.74, 6) is 0.538. The van der Waals surface area contributed by atoms with Gasteiger partial charge in [0.15, 0.2) is 11.7 Å². The van der Waals surface area contributed by atoms with Crippen molar-refractivity contribution >= 4 is 28.5 Å². The lowest BCUT2D eigenvalue weighted by molar-refractivity contribution is -0.145. The Balaban J connectivity index is 1.77. The van der Waals surface area contributed by atoms with Gasteiger partial charge in [0, 0.05) is 28.5 Å². The number of carboxylic acid groups (broad SMARTS) is 1. The second kappa shape index (κ2) is 10.2. The van der Waals surface area contributed by atoms with E-state index in [2.05, 4.69) is 5.16 Å². The number of aliphatic carboxylic acids is 1. The van der Waals surface area contributed by atoms with E-state index in [1.807, 2.05) is 44.2 Å². The van der Waals surface area contributed by atoms with Gasteiger partial charge in [-0.05, 0) is 43.7 Å². The molecule has 1 N–H and O–H groups in total. The third-order valence-electron chi connectivity index (χ3n) is 4.69. The fourth-order valence-electron chi connectivity index (χ4n) is 2.97. The van der Waals surface area contributed by atoms with E-state index in [9.17, 15) is 4.79 Å². The van der Waals surface area contributed by atoms with Gasteiger partial charge in [0.05, 0.1) is 5.69 Å². The Morgan fingerprint density at radius 1 is 1.23 bits per heavy atom. The molecule has 1 heterocycles. The molecule has 0 spiro atoms. The maximum absolute atomic E-state index is 11.2. The molecule has 2 unspecified atom stereocenters. The Hall–Kier alpha value is -3.25. The van der Waals surface area contributed by atoms with Crippen molar-refractivity contribution in [2.45, 2.75) is 39.2 Å². The van der Waals surface area contributed by atoms with Crippen LogP contribution in [0.1, 0.15) is 38.8 Å². The standard InChI is InChI=1S/C24H24ClNO5/c1-4-16(25)10-9-15(3)23-20-12-11-19(14-22(20)31-26-23)29-17-7-6-8-18(13-17)30-21(5-2)24(27)28/h4,6-15,21H,5H2,1-3H3,(H,27,28)/b10-9-,16-4+. The molecule has 6 nitrogen and oxygen atoms in total. The van der Waals surface area contributed by atoms with Crippen LogP contribution in [-0.2, 0) is 4.79 Å². The van der Waals surface area contributed by atoms with Crippen LogP contribution in [-0.4, -0.2) is 22.3 Å². The Morgan fingerprint density at radius 2 is 1.97 bits per heavy atom. The first-order valence-electron chi connectivity index (χ1n) is 9.98. The summed E-state index contributed by atoms with van der Waals surface area (Å²) >= 11 is 6.03. The largest absolute Gasteiger partial charge is 0.479 e. The first-order chi connectivity index (χ1) is 14.9. The van der Waals surface area contributed by atoms with Crippen LogP contribution in [0.5, 0.6) is 17.2 Å². The van der Waals surface area contributed by atoms with Crippen molar-refractivity contribution in [2.24, 2.45) is 0 Å². The van der Waals surface area contributed by atoms with Gasteiger partial charge in [-0.1, -0.05) is 48.8 Å². The number of benzene rings is 2. The molecule has 0 radical (unpaired) electrons. The minimum atomic E-state index is -1.00. The number of allylic oxidation sites excluding steroid dienone is 4. The molecule has 0 fully saturated rings. The van der Waals surface area contributed by atoms with E-state index in [0.717, 1.165) is 11.1 Å². The number of halogens is 1. The fourth-order valence-corrected chi connectivity index (χ4v) is 3.05. The molecule has 0 bridgehead atoms. The molecule has 31 heavy (non-hydrogen) atoms. The third kappa shape index (κ3) is 5.67. The normalized spacial score (nSPS) is 14.0. The predicted molar refractivity (Wildman–Crippen MR) is 120 cm³/mol. The molecule has 0 aliphatic carbocycles. The number of nitrogens with zero attached hydrogens (tertiary/aromatic N) is 1. The van der Waals surface area contributed by atoms with Gasteiger partial charge in [0.2, 0.25) is 0 Å². The predicted octanol–water partition coefficient (Wildman–Crippen LogP) is 6.66. The summed E-state index contributed by atoms with van der Waals surface area (Å²) in [4.78, 5) is 11.2. The van der Waals surface area contributed by atoms with Crippen LogP contribution in [0.25, 0.3) is 11.0 Å². The van der Waals surface area contributed by atoms with Crippen molar-refractivity contribution in [3.8, 4) is 17.2 Å². The number of aromatic nitrogens is 1. The molecular formula is C24H24ClNO5. The molecule has 2 aromatic carbocycles. The molecule has 162 valence electrons. The second-order valence-electron chi connectivity index (χ2n) is 6.98. The quantitative estimate of drug-likeness (QED) is 0.373.